The molecule has 0 aromatic heterocycles. The van der Waals surface area contributed by atoms with E-state index in [9.17, 15) is 24.3 Å². The Kier molecular flexibility index (Phi) is 8.93. The summed E-state index contributed by atoms with van der Waals surface area (Å²) in [5.74, 6) is -3.85. The van der Waals surface area contributed by atoms with Crippen molar-refractivity contribution in [3.63, 3.8) is 0 Å². The van der Waals surface area contributed by atoms with Gasteiger partial charge in [-0.2, -0.15) is 0 Å². The molecule has 2 aromatic carbocycles. The molecule has 5 bridgehead atoms. The molecule has 0 radical (unpaired) electrons. The molecule has 2 saturated heterocycles. The number of aliphatic hydroxyl groups excluding tert-OH is 1. The van der Waals surface area contributed by atoms with Crippen molar-refractivity contribution in [1.82, 2.24) is 10.2 Å². The molecule has 2 aromatic rings. The maximum absolute atomic E-state index is 14.8. The number of hydrogen-bond acceptors (Lipinski definition) is 7. The van der Waals surface area contributed by atoms with Crippen LogP contribution in [-0.4, -0.2) is 77.2 Å². The Morgan fingerprint density at radius 3 is 2.52 bits per heavy atom. The monoisotopic (exact) mass is 691 g/mol. The molecule has 46 heavy (non-hydrogen) atoms. The summed E-state index contributed by atoms with van der Waals surface area (Å²) in [6, 6.07) is 13.2. The van der Waals surface area contributed by atoms with E-state index in [4.69, 9.17) is 9.47 Å². The zero-order valence-electron chi connectivity index (χ0n) is 26.0. The third kappa shape index (κ3) is 5.48. The van der Waals surface area contributed by atoms with Gasteiger partial charge < -0.3 is 29.7 Å². The molecule has 1 spiro atoms. The van der Waals surface area contributed by atoms with Crippen LogP contribution in [0.3, 0.4) is 0 Å². The molecule has 2 N–H and O–H groups in total. The zero-order chi connectivity index (χ0) is 32.7. The van der Waals surface area contributed by atoms with Gasteiger partial charge in [0, 0.05) is 29.7 Å². The number of cyclic esters (lactones) is 1. The second-order valence-corrected chi connectivity index (χ2v) is 13.4. The first kappa shape index (κ1) is 32.2. The molecule has 4 heterocycles. The Morgan fingerprint density at radius 1 is 1.02 bits per heavy atom. The number of amides is 3. The van der Waals surface area contributed by atoms with Gasteiger partial charge in [-0.3, -0.25) is 19.2 Å². The van der Waals surface area contributed by atoms with Crippen LogP contribution in [0, 0.1) is 25.7 Å². The molecular formula is C35H38BrN3O7. The average Bonchev–Trinajstić information content (AvgIpc) is 3.62. The summed E-state index contributed by atoms with van der Waals surface area (Å²) in [6.07, 6.45) is 4.39. The summed E-state index contributed by atoms with van der Waals surface area (Å²) in [4.78, 5) is 59.3. The minimum Gasteiger partial charge on any atom is -0.455 e. The van der Waals surface area contributed by atoms with Crippen molar-refractivity contribution in [2.45, 2.75) is 63.5 Å². The Bertz CT molecular complexity index is 1610. The summed E-state index contributed by atoms with van der Waals surface area (Å²) in [5.41, 5.74) is 1.71. The number of hydrogen-bond donors (Lipinski definition) is 2. The largest absolute Gasteiger partial charge is 0.455 e. The molecule has 10 nitrogen and oxygen atoms in total. The van der Waals surface area contributed by atoms with Crippen molar-refractivity contribution < 1.29 is 33.8 Å². The van der Waals surface area contributed by atoms with Crippen molar-refractivity contribution in [2.24, 2.45) is 11.8 Å². The first-order valence-corrected chi connectivity index (χ1v) is 16.4. The van der Waals surface area contributed by atoms with E-state index in [1.54, 1.807) is 17.9 Å². The van der Waals surface area contributed by atoms with Crippen molar-refractivity contribution in [3.8, 4) is 0 Å². The fourth-order valence-corrected chi connectivity index (χ4v) is 8.03. The van der Waals surface area contributed by atoms with Gasteiger partial charge in [-0.15, -0.1) is 0 Å². The van der Waals surface area contributed by atoms with E-state index >= 15 is 0 Å². The molecule has 0 saturated carbocycles. The number of esters is 1. The minimum atomic E-state index is -1.47. The highest BCUT2D eigenvalue weighted by atomic mass is 79.9. The van der Waals surface area contributed by atoms with E-state index in [0.29, 0.717) is 22.2 Å². The fraction of sp³-hybridized carbons (Fsp3) is 0.429. The van der Waals surface area contributed by atoms with Gasteiger partial charge in [-0.25, -0.2) is 0 Å². The second kappa shape index (κ2) is 12.8. The summed E-state index contributed by atoms with van der Waals surface area (Å²) in [5, 5.41) is 13.0. The number of halogens is 1. The number of ether oxygens (including phenoxy) is 2. The van der Waals surface area contributed by atoms with Crippen LogP contribution in [0.25, 0.3) is 0 Å². The number of β-amino-alcohol motifs (C(OH)–C–C–N with tert-alkyl or cyclic N) is 1. The van der Waals surface area contributed by atoms with Crippen molar-refractivity contribution in [3.05, 3.63) is 87.9 Å². The lowest BCUT2D eigenvalue weighted by Gasteiger charge is -2.36. The van der Waals surface area contributed by atoms with E-state index in [-0.39, 0.29) is 32.0 Å². The highest BCUT2D eigenvalue weighted by molar-refractivity contribution is 9.11. The SMILES string of the molecule is Cc1ccc(C)c(N2C/C=C\CCC(=O)N[C@@H](C)[C@H](c3ccccc3)OC(=O)[C@H]3[C@@H]4O[C@@]5(C=C4Br)[C@@H]3C(=O)N(CCO)[C@@H]5C2=O)c1. The molecule has 7 atom stereocenters. The Hall–Kier alpha value is -3.80. The number of rotatable bonds is 4. The molecule has 3 amide bonds. The molecule has 4 aliphatic rings. The third-order valence-corrected chi connectivity index (χ3v) is 10.1. The molecule has 6 rings (SSSR count). The maximum Gasteiger partial charge on any atom is 0.313 e. The number of aryl methyl sites for hydroxylation is 2. The zero-order valence-corrected chi connectivity index (χ0v) is 27.6. The average molecular weight is 693 g/mol. The topological polar surface area (TPSA) is 125 Å². The van der Waals surface area contributed by atoms with Crippen LogP contribution in [0.2, 0.25) is 0 Å². The molecule has 0 aliphatic carbocycles. The van der Waals surface area contributed by atoms with Gasteiger partial charge in [0.2, 0.25) is 11.8 Å². The van der Waals surface area contributed by atoms with Crippen LogP contribution in [0.5, 0.6) is 0 Å². The standard InChI is InChI=1S/C35H38BrN3O7/c1-20-13-14-21(2)25(18-20)38-15-9-5-8-12-26(41)37-22(3)29(23-10-6-4-7-11-23)45-34(44)27-28-32(42)39(16-17-40)31(33(38)43)35(28)19-24(36)30(27)46-35/h4-7,9-11,13-14,18-19,22,27-31,40H,8,12,15-17H2,1-3H3,(H,37,41)/b9-5-/t22-,27+,28-,29+,30+,31+,35-/m0/s1. The summed E-state index contributed by atoms with van der Waals surface area (Å²) < 4.78 is 13.3. The number of benzene rings is 2. The maximum atomic E-state index is 14.8. The Labute approximate surface area is 276 Å². The number of nitrogens with zero attached hydrogens (tertiary/aromatic N) is 2. The summed E-state index contributed by atoms with van der Waals surface area (Å²) in [6.45, 7) is 5.32. The molecule has 2 fully saturated rings. The Balaban J connectivity index is 1.48. The predicted molar refractivity (Wildman–Crippen MR) is 174 cm³/mol. The van der Waals surface area contributed by atoms with Crippen molar-refractivity contribution in [1.29, 1.82) is 0 Å². The molecule has 11 heteroatoms. The van der Waals surface area contributed by atoms with Crippen LogP contribution in [0.4, 0.5) is 5.69 Å². The summed E-state index contributed by atoms with van der Waals surface area (Å²) in [7, 11) is 0. The van der Waals surface area contributed by atoms with Crippen LogP contribution in [0.1, 0.15) is 42.6 Å². The van der Waals surface area contributed by atoms with Crippen molar-refractivity contribution in [2.75, 3.05) is 24.6 Å². The molecule has 4 aliphatic heterocycles. The van der Waals surface area contributed by atoms with Gasteiger partial charge in [0.15, 0.2) is 0 Å². The number of allylic oxidation sites excluding steroid dienone is 1. The number of anilines is 1. The quantitative estimate of drug-likeness (QED) is 0.371. The van der Waals surface area contributed by atoms with E-state index in [0.717, 1.165) is 11.1 Å². The number of carbonyl (C=O) groups excluding carboxylic acids is 4. The van der Waals surface area contributed by atoms with E-state index in [2.05, 4.69) is 21.2 Å². The van der Waals surface area contributed by atoms with E-state index in [1.807, 2.05) is 74.5 Å². The second-order valence-electron chi connectivity index (χ2n) is 12.5. The molecular weight excluding hydrogens is 654 g/mol. The van der Waals surface area contributed by atoms with Gasteiger partial charge in [0.1, 0.15) is 29.8 Å². The highest BCUT2D eigenvalue weighted by Crippen LogP contribution is 2.59. The first-order chi connectivity index (χ1) is 22.1. The normalized spacial score (nSPS) is 32.2. The Morgan fingerprint density at radius 2 is 1.78 bits per heavy atom. The van der Waals surface area contributed by atoms with E-state index in [1.165, 1.54) is 4.90 Å². The number of carbonyl (C=O) groups is 4. The highest BCUT2D eigenvalue weighted by Gasteiger charge is 2.75. The van der Waals surface area contributed by atoms with Gasteiger partial charge in [0.25, 0.3) is 5.91 Å². The van der Waals surface area contributed by atoms with Crippen LogP contribution in [0.15, 0.2) is 71.2 Å². The van der Waals surface area contributed by atoms with Crippen LogP contribution < -0.4 is 10.2 Å². The van der Waals surface area contributed by atoms with Gasteiger partial charge in [0.05, 0.1) is 18.6 Å². The van der Waals surface area contributed by atoms with Crippen LogP contribution >= 0.6 is 15.9 Å². The lowest BCUT2D eigenvalue weighted by Crippen LogP contribution is -2.56. The third-order valence-electron chi connectivity index (χ3n) is 9.40. The number of fused-ring (bicyclic) bond motifs is 2. The number of nitrogens with one attached hydrogen (secondary N) is 1. The van der Waals surface area contributed by atoms with Gasteiger partial charge in [-0.1, -0.05) is 70.5 Å². The lowest BCUT2D eigenvalue weighted by molar-refractivity contribution is -0.161. The van der Waals surface area contributed by atoms with Crippen LogP contribution in [-0.2, 0) is 28.7 Å². The number of aliphatic hydroxyl groups is 1. The van der Waals surface area contributed by atoms with E-state index < -0.39 is 59.5 Å². The number of likely N-dealkylation sites (tertiary alicyclic amines) is 1. The smallest absolute Gasteiger partial charge is 0.313 e. The van der Waals surface area contributed by atoms with Crippen molar-refractivity contribution >= 4 is 45.3 Å². The molecule has 0 unspecified atom stereocenters. The first-order valence-electron chi connectivity index (χ1n) is 15.6. The minimum absolute atomic E-state index is 0.110. The van der Waals surface area contributed by atoms with Gasteiger partial charge >= 0.3 is 5.97 Å². The van der Waals surface area contributed by atoms with Gasteiger partial charge in [-0.05, 0) is 56.0 Å². The predicted octanol–water partition coefficient (Wildman–Crippen LogP) is 3.64. The lowest BCUT2D eigenvalue weighted by atomic mass is 9.74. The summed E-state index contributed by atoms with van der Waals surface area (Å²) >= 11 is 3.57. The molecule has 242 valence electrons. The fourth-order valence-electron chi connectivity index (χ4n) is 7.30.